The zero-order valence-corrected chi connectivity index (χ0v) is 16.1. The van der Waals surface area contributed by atoms with Crippen molar-refractivity contribution >= 4 is 23.8 Å². The van der Waals surface area contributed by atoms with Gasteiger partial charge >= 0.3 is 12.0 Å². The maximum absolute atomic E-state index is 12.8. The fourth-order valence-corrected chi connectivity index (χ4v) is 3.79. The van der Waals surface area contributed by atoms with Crippen molar-refractivity contribution in [3.63, 3.8) is 0 Å². The molecular weight excluding hydrogens is 366 g/mol. The Labute approximate surface area is 163 Å². The van der Waals surface area contributed by atoms with Crippen molar-refractivity contribution < 1.29 is 28.3 Å². The molecule has 1 saturated heterocycles. The minimum Gasteiger partial charge on any atom is -0.467 e. The van der Waals surface area contributed by atoms with Crippen molar-refractivity contribution in [1.82, 2.24) is 15.1 Å². The standard InChI is InChI=1S/C19H25N3O6/c1-13-6-3-4-8-19(13)17(25)22(18(26)20-19)11-16(24)28-12-15(23)21(2)10-14-7-5-9-27-14/h5,7,9,13H,3-4,6,8,10-12H2,1-2H3,(H,20,26)/t13-,19-/m0/s1. The van der Waals surface area contributed by atoms with Crippen molar-refractivity contribution in [2.45, 2.75) is 44.7 Å². The number of urea groups is 1. The lowest BCUT2D eigenvalue weighted by molar-refractivity contribution is -0.154. The van der Waals surface area contributed by atoms with Crippen LogP contribution in [0.15, 0.2) is 22.8 Å². The van der Waals surface area contributed by atoms with Crippen LogP contribution in [0.3, 0.4) is 0 Å². The van der Waals surface area contributed by atoms with Crippen LogP contribution in [0.5, 0.6) is 0 Å². The van der Waals surface area contributed by atoms with Crippen LogP contribution in [-0.2, 0) is 25.7 Å². The van der Waals surface area contributed by atoms with E-state index in [9.17, 15) is 19.2 Å². The maximum Gasteiger partial charge on any atom is 0.326 e. The van der Waals surface area contributed by atoms with Crippen molar-refractivity contribution in [1.29, 1.82) is 0 Å². The summed E-state index contributed by atoms with van der Waals surface area (Å²) in [5.74, 6) is -0.991. The SMILES string of the molecule is C[C@H]1CCCC[C@]12NC(=O)N(CC(=O)OCC(=O)N(C)Cc1ccco1)C2=O. The molecule has 9 nitrogen and oxygen atoms in total. The summed E-state index contributed by atoms with van der Waals surface area (Å²) in [6.07, 6.45) is 4.79. The Hall–Kier alpha value is -2.84. The molecule has 2 atom stereocenters. The van der Waals surface area contributed by atoms with Gasteiger partial charge in [0.05, 0.1) is 12.8 Å². The molecule has 2 fully saturated rings. The fourth-order valence-electron chi connectivity index (χ4n) is 3.79. The number of esters is 1. The van der Waals surface area contributed by atoms with Gasteiger partial charge in [-0.2, -0.15) is 0 Å². The third-order valence-corrected chi connectivity index (χ3v) is 5.54. The van der Waals surface area contributed by atoms with Crippen LogP contribution in [0, 0.1) is 5.92 Å². The van der Waals surface area contributed by atoms with E-state index in [4.69, 9.17) is 9.15 Å². The summed E-state index contributed by atoms with van der Waals surface area (Å²) in [5.41, 5.74) is -0.922. The van der Waals surface area contributed by atoms with E-state index in [0.29, 0.717) is 12.2 Å². The Morgan fingerprint density at radius 2 is 2.18 bits per heavy atom. The second-order valence-corrected chi connectivity index (χ2v) is 7.43. The summed E-state index contributed by atoms with van der Waals surface area (Å²) in [6, 6.07) is 2.86. The molecule has 1 aromatic rings. The van der Waals surface area contributed by atoms with E-state index >= 15 is 0 Å². The minimum absolute atomic E-state index is 0.00977. The van der Waals surface area contributed by atoms with Gasteiger partial charge in [-0.25, -0.2) is 4.79 Å². The summed E-state index contributed by atoms with van der Waals surface area (Å²) in [6.45, 7) is 1.21. The Kier molecular flexibility index (Phi) is 5.71. The number of amides is 4. The van der Waals surface area contributed by atoms with Gasteiger partial charge in [0.25, 0.3) is 11.8 Å². The van der Waals surface area contributed by atoms with Crippen LogP contribution in [0.2, 0.25) is 0 Å². The monoisotopic (exact) mass is 391 g/mol. The average Bonchev–Trinajstić information content (AvgIpc) is 3.25. The van der Waals surface area contributed by atoms with Crippen molar-refractivity contribution in [2.24, 2.45) is 5.92 Å². The van der Waals surface area contributed by atoms with Crippen LogP contribution >= 0.6 is 0 Å². The van der Waals surface area contributed by atoms with Crippen LogP contribution in [-0.4, -0.2) is 59.4 Å². The first-order chi connectivity index (χ1) is 13.3. The first kappa shape index (κ1) is 19.9. The van der Waals surface area contributed by atoms with E-state index in [1.165, 1.54) is 11.2 Å². The third kappa shape index (κ3) is 3.88. The lowest BCUT2D eigenvalue weighted by atomic mass is 9.73. The van der Waals surface area contributed by atoms with Gasteiger partial charge in [0.1, 0.15) is 17.8 Å². The Morgan fingerprint density at radius 3 is 2.86 bits per heavy atom. The summed E-state index contributed by atoms with van der Waals surface area (Å²) < 4.78 is 10.1. The number of likely N-dealkylation sites (N-methyl/N-ethyl adjacent to an activating group) is 1. The van der Waals surface area contributed by atoms with Crippen LogP contribution in [0.4, 0.5) is 4.79 Å². The first-order valence-corrected chi connectivity index (χ1v) is 9.39. The average molecular weight is 391 g/mol. The third-order valence-electron chi connectivity index (χ3n) is 5.54. The predicted octanol–water partition coefficient (Wildman–Crippen LogP) is 1.28. The lowest BCUT2D eigenvalue weighted by Gasteiger charge is -2.36. The zero-order valence-electron chi connectivity index (χ0n) is 16.1. The highest BCUT2D eigenvalue weighted by molar-refractivity contribution is 6.09. The number of carbonyl (C=O) groups excluding carboxylic acids is 4. The van der Waals surface area contributed by atoms with Gasteiger partial charge in [-0.05, 0) is 30.9 Å². The molecule has 152 valence electrons. The van der Waals surface area contributed by atoms with Crippen molar-refractivity contribution in [3.05, 3.63) is 24.2 Å². The molecule has 9 heteroatoms. The zero-order chi connectivity index (χ0) is 20.3. The van der Waals surface area contributed by atoms with Crippen molar-refractivity contribution in [3.8, 4) is 0 Å². The highest BCUT2D eigenvalue weighted by atomic mass is 16.5. The smallest absolute Gasteiger partial charge is 0.326 e. The number of nitrogens with zero attached hydrogens (tertiary/aromatic N) is 2. The number of imide groups is 1. The maximum atomic E-state index is 12.8. The molecule has 1 saturated carbocycles. The molecule has 4 amide bonds. The molecule has 28 heavy (non-hydrogen) atoms. The van der Waals surface area contributed by atoms with Gasteiger partial charge < -0.3 is 19.4 Å². The van der Waals surface area contributed by atoms with Gasteiger partial charge in [-0.3, -0.25) is 19.3 Å². The lowest BCUT2D eigenvalue weighted by Crippen LogP contribution is -2.54. The van der Waals surface area contributed by atoms with E-state index in [1.54, 1.807) is 19.2 Å². The van der Waals surface area contributed by atoms with Gasteiger partial charge in [0.2, 0.25) is 0 Å². The highest BCUT2D eigenvalue weighted by Crippen LogP contribution is 2.38. The topological polar surface area (TPSA) is 109 Å². The van der Waals surface area contributed by atoms with Crippen LogP contribution in [0.25, 0.3) is 0 Å². The molecular formula is C19H25N3O6. The predicted molar refractivity (Wildman–Crippen MR) is 96.7 cm³/mol. The molecule has 1 aromatic heterocycles. The molecule has 0 bridgehead atoms. The summed E-state index contributed by atoms with van der Waals surface area (Å²) >= 11 is 0. The Bertz CT molecular complexity index is 762. The second kappa shape index (κ2) is 8.04. The minimum atomic E-state index is -0.922. The molecule has 0 radical (unpaired) electrons. The largest absolute Gasteiger partial charge is 0.467 e. The van der Waals surface area contributed by atoms with E-state index < -0.39 is 36.6 Å². The van der Waals surface area contributed by atoms with E-state index in [-0.39, 0.29) is 18.4 Å². The molecule has 1 aliphatic carbocycles. The summed E-state index contributed by atoms with van der Waals surface area (Å²) in [7, 11) is 1.56. The molecule has 0 aromatic carbocycles. The molecule has 2 aliphatic rings. The second-order valence-electron chi connectivity index (χ2n) is 7.43. The number of hydrogen-bond donors (Lipinski definition) is 1. The number of rotatable bonds is 6. The molecule has 3 rings (SSSR count). The van der Waals surface area contributed by atoms with E-state index in [2.05, 4.69) is 5.32 Å². The summed E-state index contributed by atoms with van der Waals surface area (Å²) in [4.78, 5) is 51.5. The quantitative estimate of drug-likeness (QED) is 0.578. The van der Waals surface area contributed by atoms with Gasteiger partial charge in [-0.15, -0.1) is 0 Å². The van der Waals surface area contributed by atoms with E-state index in [0.717, 1.165) is 24.2 Å². The number of nitrogens with one attached hydrogen (secondary N) is 1. The number of furan rings is 1. The molecule has 1 spiro atoms. The number of ether oxygens (including phenoxy) is 1. The van der Waals surface area contributed by atoms with Gasteiger partial charge in [0.15, 0.2) is 6.61 Å². The normalized spacial score (nSPS) is 24.4. The number of hydrogen-bond acceptors (Lipinski definition) is 6. The summed E-state index contributed by atoms with van der Waals surface area (Å²) in [5, 5.41) is 2.78. The van der Waals surface area contributed by atoms with Gasteiger partial charge in [0, 0.05) is 7.05 Å². The molecule has 0 unspecified atom stereocenters. The first-order valence-electron chi connectivity index (χ1n) is 9.39. The van der Waals surface area contributed by atoms with Crippen molar-refractivity contribution in [2.75, 3.05) is 20.2 Å². The fraction of sp³-hybridized carbons (Fsp3) is 0.579. The molecule has 1 aliphatic heterocycles. The van der Waals surface area contributed by atoms with Gasteiger partial charge in [-0.1, -0.05) is 19.8 Å². The van der Waals surface area contributed by atoms with Crippen LogP contribution < -0.4 is 5.32 Å². The Balaban J connectivity index is 1.51. The molecule has 1 N–H and O–H groups in total. The Morgan fingerprint density at radius 1 is 1.39 bits per heavy atom. The number of carbonyl (C=O) groups is 4. The van der Waals surface area contributed by atoms with E-state index in [1.807, 2.05) is 6.92 Å². The molecule has 2 heterocycles. The highest BCUT2D eigenvalue weighted by Gasteiger charge is 2.55. The van der Waals surface area contributed by atoms with Crippen LogP contribution in [0.1, 0.15) is 38.4 Å².